The van der Waals surface area contributed by atoms with Crippen LogP contribution in [0.3, 0.4) is 0 Å². The van der Waals surface area contributed by atoms with Gasteiger partial charge in [0, 0.05) is 18.6 Å². The zero-order chi connectivity index (χ0) is 17.2. The van der Waals surface area contributed by atoms with Crippen LogP contribution in [0, 0.1) is 11.3 Å². The van der Waals surface area contributed by atoms with Crippen molar-refractivity contribution in [2.75, 3.05) is 19.9 Å². The van der Waals surface area contributed by atoms with Crippen LogP contribution in [0.15, 0.2) is 18.2 Å². The maximum absolute atomic E-state index is 5.95. The van der Waals surface area contributed by atoms with Crippen molar-refractivity contribution in [3.63, 3.8) is 0 Å². The number of benzene rings is 1. The second kappa shape index (κ2) is 6.93. The fourth-order valence-electron chi connectivity index (χ4n) is 4.24. The van der Waals surface area contributed by atoms with Crippen molar-refractivity contribution in [1.29, 1.82) is 0 Å². The van der Waals surface area contributed by atoms with Crippen molar-refractivity contribution in [2.45, 2.75) is 59.1 Å². The summed E-state index contributed by atoms with van der Waals surface area (Å²) < 4.78 is 16.8. The van der Waals surface area contributed by atoms with Gasteiger partial charge in [0.25, 0.3) is 0 Å². The van der Waals surface area contributed by atoms with Crippen molar-refractivity contribution < 1.29 is 19.5 Å². The zero-order valence-corrected chi connectivity index (χ0v) is 15.6. The van der Waals surface area contributed by atoms with Gasteiger partial charge in [-0.15, -0.1) is 0 Å². The molecule has 4 nitrogen and oxygen atoms in total. The van der Waals surface area contributed by atoms with Crippen LogP contribution in [0.2, 0.25) is 0 Å². The van der Waals surface area contributed by atoms with Gasteiger partial charge in [-0.3, -0.25) is 0 Å². The van der Waals surface area contributed by atoms with Gasteiger partial charge in [-0.1, -0.05) is 13.8 Å². The average Bonchev–Trinajstić information content (AvgIpc) is 2.98. The normalized spacial score (nSPS) is 25.2. The Kier molecular flexibility index (Phi) is 5.07. The number of ether oxygens (including phenoxy) is 3. The highest BCUT2D eigenvalue weighted by Gasteiger charge is 2.42. The lowest BCUT2D eigenvalue weighted by Crippen LogP contribution is -2.83. The van der Waals surface area contributed by atoms with Crippen LogP contribution >= 0.6 is 0 Å². The van der Waals surface area contributed by atoms with E-state index in [0.29, 0.717) is 18.1 Å². The van der Waals surface area contributed by atoms with Crippen LogP contribution in [-0.2, 0) is 11.3 Å². The maximum Gasteiger partial charge on any atom is 0.231 e. The molecule has 24 heavy (non-hydrogen) atoms. The quantitative estimate of drug-likeness (QED) is 0.813. The number of rotatable bonds is 6. The van der Waals surface area contributed by atoms with Gasteiger partial charge in [0.15, 0.2) is 11.5 Å². The van der Waals surface area contributed by atoms with E-state index in [0.717, 1.165) is 37.6 Å². The molecule has 1 fully saturated rings. The molecule has 3 rings (SSSR count). The first-order chi connectivity index (χ1) is 11.4. The Labute approximate surface area is 145 Å². The molecule has 2 heterocycles. The van der Waals surface area contributed by atoms with E-state index in [1.165, 1.54) is 18.4 Å². The van der Waals surface area contributed by atoms with Gasteiger partial charge in [-0.05, 0) is 56.2 Å². The van der Waals surface area contributed by atoms with E-state index in [4.69, 9.17) is 14.2 Å². The first kappa shape index (κ1) is 17.6. The molecule has 1 aromatic rings. The fourth-order valence-corrected chi connectivity index (χ4v) is 4.24. The Bertz CT molecular complexity index is 570. The van der Waals surface area contributed by atoms with Crippen molar-refractivity contribution >= 4 is 0 Å². The summed E-state index contributed by atoms with van der Waals surface area (Å²) in [5.74, 6) is 2.44. The van der Waals surface area contributed by atoms with Gasteiger partial charge in [-0.25, -0.2) is 0 Å². The summed E-state index contributed by atoms with van der Waals surface area (Å²) in [6, 6.07) is 6.26. The Morgan fingerprint density at radius 3 is 2.71 bits per heavy atom. The van der Waals surface area contributed by atoms with E-state index >= 15 is 0 Å². The van der Waals surface area contributed by atoms with Crippen LogP contribution < -0.4 is 14.8 Å². The minimum absolute atomic E-state index is 0.0137. The summed E-state index contributed by atoms with van der Waals surface area (Å²) in [7, 11) is 0. The van der Waals surface area contributed by atoms with E-state index in [1.54, 1.807) is 0 Å². The molecule has 0 unspecified atom stereocenters. The lowest BCUT2D eigenvalue weighted by molar-refractivity contribution is -0.672. The third-order valence-corrected chi connectivity index (χ3v) is 5.76. The predicted octanol–water partition coefficient (Wildman–Crippen LogP) is 3.10. The van der Waals surface area contributed by atoms with Crippen LogP contribution in [0.25, 0.3) is 0 Å². The van der Waals surface area contributed by atoms with Gasteiger partial charge >= 0.3 is 0 Å². The molecular weight excluding hydrogens is 302 g/mol. The van der Waals surface area contributed by atoms with Gasteiger partial charge in [0.2, 0.25) is 6.79 Å². The van der Waals surface area contributed by atoms with Gasteiger partial charge in [0.05, 0.1) is 12.1 Å². The molecule has 2 N–H and O–H groups in total. The molecule has 4 heteroatoms. The molecule has 2 aliphatic heterocycles. The summed E-state index contributed by atoms with van der Waals surface area (Å²) in [5, 5.41) is 2.42. The highest BCUT2D eigenvalue weighted by molar-refractivity contribution is 5.44. The molecule has 1 saturated heterocycles. The van der Waals surface area contributed by atoms with Crippen LogP contribution in [0.4, 0.5) is 0 Å². The second-order valence-corrected chi connectivity index (χ2v) is 8.27. The van der Waals surface area contributed by atoms with Gasteiger partial charge < -0.3 is 19.5 Å². The second-order valence-electron chi connectivity index (χ2n) is 8.27. The van der Waals surface area contributed by atoms with E-state index in [2.05, 4.69) is 45.1 Å². The molecule has 134 valence electrons. The SMILES string of the molecule is CC(C)[C@]1(CC[NH2+]Cc2ccc3c(c2)OCO3)CCOC(C)(C)C1. The Balaban J connectivity index is 1.52. The predicted molar refractivity (Wildman–Crippen MR) is 94.2 cm³/mol. The molecule has 0 spiro atoms. The smallest absolute Gasteiger partial charge is 0.231 e. The van der Waals surface area contributed by atoms with Gasteiger partial charge in [0.1, 0.15) is 6.54 Å². The van der Waals surface area contributed by atoms with Crippen LogP contribution in [0.1, 0.15) is 52.5 Å². The third kappa shape index (κ3) is 3.86. The zero-order valence-electron chi connectivity index (χ0n) is 15.6. The van der Waals surface area contributed by atoms with Crippen LogP contribution in [0.5, 0.6) is 11.5 Å². The van der Waals surface area contributed by atoms with Crippen molar-refractivity contribution in [3.8, 4) is 11.5 Å². The largest absolute Gasteiger partial charge is 0.454 e. The molecule has 0 saturated carbocycles. The summed E-state index contributed by atoms with van der Waals surface area (Å²) in [6.07, 6.45) is 3.60. The Morgan fingerprint density at radius 2 is 1.96 bits per heavy atom. The highest BCUT2D eigenvalue weighted by atomic mass is 16.7. The van der Waals surface area contributed by atoms with Crippen molar-refractivity contribution in [1.82, 2.24) is 0 Å². The molecule has 0 amide bonds. The summed E-state index contributed by atoms with van der Waals surface area (Å²) >= 11 is 0. The molecule has 2 aliphatic rings. The van der Waals surface area contributed by atoms with E-state index in [9.17, 15) is 0 Å². The van der Waals surface area contributed by atoms with E-state index < -0.39 is 0 Å². The fraction of sp³-hybridized carbons (Fsp3) is 0.700. The lowest BCUT2D eigenvalue weighted by atomic mass is 9.65. The lowest BCUT2D eigenvalue weighted by Gasteiger charge is -2.47. The standard InChI is InChI=1S/C20H31NO3/c1-15(2)20(8-10-24-19(3,4)13-20)7-9-21-12-16-5-6-17-18(11-16)23-14-22-17/h5-6,11,15,21H,7-10,12-14H2,1-4H3/p+1/t20-/m1/s1. The van der Waals surface area contributed by atoms with E-state index in [1.807, 2.05) is 6.07 Å². The highest BCUT2D eigenvalue weighted by Crippen LogP contribution is 2.46. The number of hydrogen-bond acceptors (Lipinski definition) is 3. The number of fused-ring (bicyclic) bond motifs is 1. The monoisotopic (exact) mass is 334 g/mol. The van der Waals surface area contributed by atoms with Crippen LogP contribution in [-0.4, -0.2) is 25.5 Å². The minimum Gasteiger partial charge on any atom is -0.454 e. The van der Waals surface area contributed by atoms with Gasteiger partial charge in [-0.2, -0.15) is 0 Å². The molecule has 1 aromatic carbocycles. The minimum atomic E-state index is 0.0137. The number of quaternary nitrogens is 1. The topological polar surface area (TPSA) is 44.3 Å². The molecule has 0 aromatic heterocycles. The average molecular weight is 334 g/mol. The maximum atomic E-state index is 5.95. The summed E-state index contributed by atoms with van der Waals surface area (Å²) in [5.41, 5.74) is 1.72. The third-order valence-electron chi connectivity index (χ3n) is 5.76. The number of hydrogen-bond donors (Lipinski definition) is 1. The summed E-state index contributed by atoms with van der Waals surface area (Å²) in [4.78, 5) is 0. The summed E-state index contributed by atoms with van der Waals surface area (Å²) in [6.45, 7) is 12.6. The first-order valence-electron chi connectivity index (χ1n) is 9.24. The Morgan fingerprint density at radius 1 is 1.17 bits per heavy atom. The number of nitrogens with two attached hydrogens (primary N) is 1. The molecule has 0 radical (unpaired) electrons. The molecule has 0 aliphatic carbocycles. The molecule has 0 bridgehead atoms. The molecule has 1 atom stereocenters. The Hall–Kier alpha value is -1.26. The van der Waals surface area contributed by atoms with Crippen molar-refractivity contribution in [2.24, 2.45) is 11.3 Å². The van der Waals surface area contributed by atoms with Crippen molar-refractivity contribution in [3.05, 3.63) is 23.8 Å². The first-order valence-corrected chi connectivity index (χ1v) is 9.24. The van der Waals surface area contributed by atoms with E-state index in [-0.39, 0.29) is 5.60 Å². The molecular formula is C20H32NO3+.